The highest BCUT2D eigenvalue weighted by Crippen LogP contribution is 2.46. The van der Waals surface area contributed by atoms with Crippen LogP contribution in [0.3, 0.4) is 0 Å². The predicted molar refractivity (Wildman–Crippen MR) is 82.0 cm³/mol. The summed E-state index contributed by atoms with van der Waals surface area (Å²) in [5.74, 6) is 0.341. The molecule has 0 spiro atoms. The van der Waals surface area contributed by atoms with E-state index < -0.39 is 0 Å². The van der Waals surface area contributed by atoms with Crippen LogP contribution < -0.4 is 0 Å². The Balaban J connectivity index is 1.86. The molecule has 1 amide bonds. The SMILES string of the molecule is O=C(N1CCCCCC1)C1(c2cccc(Cl)c2)CCC1. The second-order valence-electron chi connectivity index (χ2n) is 6.15. The zero-order valence-corrected chi connectivity index (χ0v) is 12.7. The van der Waals surface area contributed by atoms with Crippen LogP contribution in [0.15, 0.2) is 24.3 Å². The average Bonchev–Trinajstić information content (AvgIpc) is 2.66. The fourth-order valence-electron chi connectivity index (χ4n) is 3.52. The molecule has 1 aliphatic heterocycles. The van der Waals surface area contributed by atoms with Crippen molar-refractivity contribution in [2.75, 3.05) is 13.1 Å². The average molecular weight is 292 g/mol. The Morgan fingerprint density at radius 1 is 1.05 bits per heavy atom. The molecule has 2 fully saturated rings. The molecule has 1 saturated carbocycles. The van der Waals surface area contributed by atoms with Gasteiger partial charge in [-0.05, 0) is 43.4 Å². The summed E-state index contributed by atoms with van der Waals surface area (Å²) in [7, 11) is 0. The second kappa shape index (κ2) is 5.77. The first-order chi connectivity index (χ1) is 9.72. The molecule has 0 atom stereocenters. The molecule has 108 valence electrons. The fraction of sp³-hybridized carbons (Fsp3) is 0.588. The summed E-state index contributed by atoms with van der Waals surface area (Å²) >= 11 is 6.12. The summed E-state index contributed by atoms with van der Waals surface area (Å²) in [5.41, 5.74) is 0.834. The van der Waals surface area contributed by atoms with E-state index >= 15 is 0 Å². The summed E-state index contributed by atoms with van der Waals surface area (Å²) in [5, 5.41) is 0.734. The number of carbonyl (C=O) groups excluding carboxylic acids is 1. The first-order valence-corrected chi connectivity index (χ1v) is 8.16. The van der Waals surface area contributed by atoms with Crippen molar-refractivity contribution in [2.45, 2.75) is 50.4 Å². The maximum atomic E-state index is 13.0. The zero-order valence-electron chi connectivity index (χ0n) is 11.9. The van der Waals surface area contributed by atoms with E-state index in [9.17, 15) is 4.79 Å². The van der Waals surface area contributed by atoms with Crippen molar-refractivity contribution < 1.29 is 4.79 Å². The van der Waals surface area contributed by atoms with Crippen LogP contribution in [0.5, 0.6) is 0 Å². The largest absolute Gasteiger partial charge is 0.342 e. The molecule has 0 aromatic heterocycles. The summed E-state index contributed by atoms with van der Waals surface area (Å²) in [6, 6.07) is 7.90. The molecular weight excluding hydrogens is 270 g/mol. The van der Waals surface area contributed by atoms with Gasteiger partial charge in [-0.15, -0.1) is 0 Å². The van der Waals surface area contributed by atoms with E-state index in [1.165, 1.54) is 12.8 Å². The van der Waals surface area contributed by atoms with Gasteiger partial charge in [0.15, 0.2) is 0 Å². The van der Waals surface area contributed by atoms with Crippen molar-refractivity contribution in [3.8, 4) is 0 Å². The fourth-order valence-corrected chi connectivity index (χ4v) is 3.71. The summed E-state index contributed by atoms with van der Waals surface area (Å²) < 4.78 is 0. The highest BCUT2D eigenvalue weighted by molar-refractivity contribution is 6.30. The van der Waals surface area contributed by atoms with Crippen LogP contribution in [0.4, 0.5) is 0 Å². The van der Waals surface area contributed by atoms with E-state index in [2.05, 4.69) is 11.0 Å². The number of nitrogens with zero attached hydrogens (tertiary/aromatic N) is 1. The third-order valence-electron chi connectivity index (χ3n) is 4.89. The zero-order chi connectivity index (χ0) is 14.0. The standard InChI is InChI=1S/C17H22ClNO/c18-15-8-5-7-14(13-15)17(9-6-10-17)16(20)19-11-3-1-2-4-12-19/h5,7-8,13H,1-4,6,9-12H2. The van der Waals surface area contributed by atoms with Gasteiger partial charge in [0.05, 0.1) is 5.41 Å². The van der Waals surface area contributed by atoms with Gasteiger partial charge in [0.25, 0.3) is 0 Å². The van der Waals surface area contributed by atoms with Crippen molar-refractivity contribution in [3.05, 3.63) is 34.9 Å². The Labute approximate surface area is 126 Å². The number of carbonyl (C=O) groups is 1. The molecule has 3 rings (SSSR count). The van der Waals surface area contributed by atoms with E-state index in [-0.39, 0.29) is 5.41 Å². The Kier molecular flexibility index (Phi) is 4.02. The van der Waals surface area contributed by atoms with Gasteiger partial charge < -0.3 is 4.90 Å². The van der Waals surface area contributed by atoms with E-state index in [1.54, 1.807) is 0 Å². The monoisotopic (exact) mass is 291 g/mol. The van der Waals surface area contributed by atoms with E-state index in [0.29, 0.717) is 5.91 Å². The van der Waals surface area contributed by atoms with Gasteiger partial charge in [0.1, 0.15) is 0 Å². The molecule has 1 aliphatic carbocycles. The smallest absolute Gasteiger partial charge is 0.233 e. The third kappa shape index (κ3) is 2.46. The lowest BCUT2D eigenvalue weighted by Crippen LogP contribution is -2.51. The minimum atomic E-state index is -0.282. The number of amides is 1. The van der Waals surface area contributed by atoms with Gasteiger partial charge in [-0.1, -0.05) is 43.0 Å². The number of likely N-dealkylation sites (tertiary alicyclic amines) is 1. The van der Waals surface area contributed by atoms with Crippen molar-refractivity contribution in [2.24, 2.45) is 0 Å². The molecule has 2 aliphatic rings. The minimum absolute atomic E-state index is 0.282. The summed E-state index contributed by atoms with van der Waals surface area (Å²) in [6.07, 6.45) is 7.91. The minimum Gasteiger partial charge on any atom is -0.342 e. The molecule has 1 aromatic carbocycles. The van der Waals surface area contributed by atoms with Gasteiger partial charge in [0.2, 0.25) is 5.91 Å². The Morgan fingerprint density at radius 3 is 2.30 bits per heavy atom. The van der Waals surface area contributed by atoms with E-state index in [0.717, 1.165) is 55.8 Å². The highest BCUT2D eigenvalue weighted by atomic mass is 35.5. The third-order valence-corrected chi connectivity index (χ3v) is 5.12. The van der Waals surface area contributed by atoms with Crippen LogP contribution in [0.2, 0.25) is 5.02 Å². The van der Waals surface area contributed by atoms with Gasteiger partial charge in [-0.2, -0.15) is 0 Å². The molecule has 0 unspecified atom stereocenters. The first-order valence-electron chi connectivity index (χ1n) is 7.78. The quantitative estimate of drug-likeness (QED) is 0.801. The summed E-state index contributed by atoms with van der Waals surface area (Å²) in [4.78, 5) is 15.2. The Bertz CT molecular complexity index is 488. The number of hydrogen-bond acceptors (Lipinski definition) is 1. The number of rotatable bonds is 2. The Hall–Kier alpha value is -1.02. The van der Waals surface area contributed by atoms with Crippen LogP contribution in [-0.2, 0) is 10.2 Å². The number of halogens is 1. The van der Waals surface area contributed by atoms with Crippen molar-refractivity contribution in [1.82, 2.24) is 4.90 Å². The van der Waals surface area contributed by atoms with Crippen LogP contribution in [-0.4, -0.2) is 23.9 Å². The lowest BCUT2D eigenvalue weighted by molar-refractivity contribution is -0.140. The molecule has 1 heterocycles. The lowest BCUT2D eigenvalue weighted by atomic mass is 9.63. The lowest BCUT2D eigenvalue weighted by Gasteiger charge is -2.44. The second-order valence-corrected chi connectivity index (χ2v) is 6.59. The van der Waals surface area contributed by atoms with Gasteiger partial charge in [-0.3, -0.25) is 4.79 Å². The van der Waals surface area contributed by atoms with Crippen LogP contribution in [0.1, 0.15) is 50.5 Å². The first kappa shape index (κ1) is 13.9. The molecular formula is C17H22ClNO. The van der Waals surface area contributed by atoms with Crippen LogP contribution in [0, 0.1) is 0 Å². The maximum Gasteiger partial charge on any atom is 0.233 e. The molecule has 2 nitrogen and oxygen atoms in total. The molecule has 1 aromatic rings. The van der Waals surface area contributed by atoms with Crippen molar-refractivity contribution in [1.29, 1.82) is 0 Å². The van der Waals surface area contributed by atoms with E-state index in [4.69, 9.17) is 11.6 Å². The number of benzene rings is 1. The van der Waals surface area contributed by atoms with Crippen molar-refractivity contribution in [3.63, 3.8) is 0 Å². The Morgan fingerprint density at radius 2 is 1.75 bits per heavy atom. The maximum absolute atomic E-state index is 13.0. The molecule has 0 radical (unpaired) electrons. The van der Waals surface area contributed by atoms with Crippen molar-refractivity contribution >= 4 is 17.5 Å². The molecule has 1 saturated heterocycles. The van der Waals surface area contributed by atoms with Crippen LogP contribution >= 0.6 is 11.6 Å². The van der Waals surface area contributed by atoms with Gasteiger partial charge in [-0.25, -0.2) is 0 Å². The molecule has 0 bridgehead atoms. The predicted octanol–water partition coefficient (Wildman–Crippen LogP) is 4.16. The van der Waals surface area contributed by atoms with Gasteiger partial charge in [0, 0.05) is 18.1 Å². The molecule has 20 heavy (non-hydrogen) atoms. The number of hydrogen-bond donors (Lipinski definition) is 0. The van der Waals surface area contributed by atoms with Gasteiger partial charge >= 0.3 is 0 Å². The normalized spacial score (nSPS) is 21.9. The van der Waals surface area contributed by atoms with Crippen LogP contribution in [0.25, 0.3) is 0 Å². The topological polar surface area (TPSA) is 20.3 Å². The van der Waals surface area contributed by atoms with E-state index in [1.807, 2.05) is 18.2 Å². The molecule has 3 heteroatoms. The summed E-state index contributed by atoms with van der Waals surface area (Å²) in [6.45, 7) is 1.86. The molecule has 0 N–H and O–H groups in total. The highest BCUT2D eigenvalue weighted by Gasteiger charge is 2.47.